The number of aromatic nitrogens is 4. The van der Waals surface area contributed by atoms with Crippen LogP contribution in [0.1, 0.15) is 39.8 Å². The normalized spacial score (nSPS) is 21.8. The summed E-state index contributed by atoms with van der Waals surface area (Å²) in [5.74, 6) is 0.0217. The molecule has 10 nitrogen and oxygen atoms in total. The molecule has 2 aromatic heterocycles. The average molecular weight is 370 g/mol. The van der Waals surface area contributed by atoms with Crippen LogP contribution in [0.3, 0.4) is 0 Å². The van der Waals surface area contributed by atoms with Crippen molar-refractivity contribution in [1.29, 1.82) is 0 Å². The molecule has 11 heteroatoms. The first-order valence-corrected chi connectivity index (χ1v) is 8.99. The minimum absolute atomic E-state index is 0.0217. The van der Waals surface area contributed by atoms with Gasteiger partial charge in [-0.15, -0.1) is 9.05 Å². The van der Waals surface area contributed by atoms with Gasteiger partial charge in [0.15, 0.2) is 11.2 Å². The van der Waals surface area contributed by atoms with Gasteiger partial charge in [0, 0.05) is 4.57 Å². The van der Waals surface area contributed by atoms with Gasteiger partial charge in [-0.25, -0.2) is 4.98 Å². The number of hydrogen-bond acceptors (Lipinski definition) is 8. The molecule has 3 N–H and O–H groups in total. The second kappa shape index (κ2) is 6.80. The number of aromatic amines is 1. The molecule has 0 radical (unpaired) electrons. The van der Waals surface area contributed by atoms with E-state index in [0.29, 0.717) is 18.5 Å². The summed E-state index contributed by atoms with van der Waals surface area (Å²) < 4.78 is 29.8. The summed E-state index contributed by atoms with van der Waals surface area (Å²) >= 11 is 0. The molecule has 0 aromatic carbocycles. The van der Waals surface area contributed by atoms with Crippen molar-refractivity contribution < 1.29 is 18.3 Å². The molecule has 0 amide bonds. The number of nitrogen functional groups attached to an aromatic ring is 1. The number of nitrogens with zero attached hydrogens (tertiary/aromatic N) is 3. The Morgan fingerprint density at radius 3 is 2.96 bits per heavy atom. The Labute approximate surface area is 144 Å². The Bertz CT molecular complexity index is 842. The van der Waals surface area contributed by atoms with Crippen molar-refractivity contribution in [2.45, 2.75) is 51.5 Å². The third kappa shape index (κ3) is 4.21. The minimum atomic E-state index is -2.20. The van der Waals surface area contributed by atoms with Crippen LogP contribution in [0.4, 0.5) is 5.95 Å². The summed E-state index contributed by atoms with van der Waals surface area (Å²) in [6, 6.07) is 0. The zero-order valence-corrected chi connectivity index (χ0v) is 15.2. The van der Waals surface area contributed by atoms with Crippen molar-refractivity contribution in [3.05, 3.63) is 16.7 Å². The van der Waals surface area contributed by atoms with E-state index >= 15 is 0 Å². The number of rotatable bonds is 5. The quantitative estimate of drug-likeness (QED) is 0.762. The van der Waals surface area contributed by atoms with E-state index in [1.807, 2.05) is 0 Å². The van der Waals surface area contributed by atoms with Gasteiger partial charge in [-0.05, 0) is 33.6 Å². The van der Waals surface area contributed by atoms with Crippen molar-refractivity contribution in [2.24, 2.45) is 0 Å². The minimum Gasteiger partial charge on any atom is -0.369 e. The first kappa shape index (κ1) is 17.9. The van der Waals surface area contributed by atoms with Gasteiger partial charge < -0.3 is 10.5 Å². The highest BCUT2D eigenvalue weighted by molar-refractivity contribution is 7.33. The number of nitrogens with two attached hydrogens (primary N) is 1. The predicted molar refractivity (Wildman–Crippen MR) is 90.1 cm³/mol. The fourth-order valence-electron chi connectivity index (χ4n) is 2.56. The molecule has 136 valence electrons. The summed E-state index contributed by atoms with van der Waals surface area (Å²) in [5.41, 5.74) is 5.24. The number of H-pyrrole nitrogens is 1. The van der Waals surface area contributed by atoms with Gasteiger partial charge in [-0.3, -0.25) is 14.3 Å². The lowest BCUT2D eigenvalue weighted by atomic mass is 10.2. The maximum absolute atomic E-state index is 11.8. The number of ether oxygens (including phenoxy) is 1. The van der Waals surface area contributed by atoms with Gasteiger partial charge >= 0.3 is 8.25 Å². The van der Waals surface area contributed by atoms with Crippen LogP contribution in [-0.4, -0.2) is 37.8 Å². The van der Waals surface area contributed by atoms with Gasteiger partial charge in [0.2, 0.25) is 5.95 Å². The molecule has 1 fully saturated rings. The lowest BCUT2D eigenvalue weighted by Gasteiger charge is -2.14. The zero-order valence-electron chi connectivity index (χ0n) is 14.3. The van der Waals surface area contributed by atoms with E-state index in [2.05, 4.69) is 15.0 Å². The Hall–Kier alpha value is -1.87. The van der Waals surface area contributed by atoms with Gasteiger partial charge in [-0.1, -0.05) is 0 Å². The summed E-state index contributed by atoms with van der Waals surface area (Å²) in [5, 5.41) is 0. The first-order valence-electron chi connectivity index (χ1n) is 7.90. The van der Waals surface area contributed by atoms with Gasteiger partial charge in [-0.2, -0.15) is 4.98 Å². The third-order valence-corrected chi connectivity index (χ3v) is 4.62. The van der Waals surface area contributed by atoms with Crippen molar-refractivity contribution >= 4 is 25.4 Å². The van der Waals surface area contributed by atoms with Crippen LogP contribution in [0.15, 0.2) is 11.1 Å². The highest BCUT2D eigenvalue weighted by Crippen LogP contribution is 2.34. The van der Waals surface area contributed by atoms with Gasteiger partial charge in [0.1, 0.15) is 18.4 Å². The highest BCUT2D eigenvalue weighted by atomic mass is 31.1. The van der Waals surface area contributed by atoms with E-state index in [4.69, 9.17) is 19.5 Å². The van der Waals surface area contributed by atoms with Crippen LogP contribution >= 0.6 is 8.25 Å². The smallest absolute Gasteiger partial charge is 0.369 e. The highest BCUT2D eigenvalue weighted by Gasteiger charge is 2.34. The van der Waals surface area contributed by atoms with Gasteiger partial charge in [0.05, 0.1) is 12.4 Å². The van der Waals surface area contributed by atoms with Gasteiger partial charge in [0.25, 0.3) is 5.56 Å². The standard InChI is InChI=1S/C14H20N5O5P/c1-14(2,3)24-25(21)22-6-8-4-5-9(23-8)19-7-16-10-11(19)17-13(15)18-12(10)20/h7-9H,4-6H2,1-3H3,(H2-,15,17,18,20)/p+1/t8-,9+/m0/s1. The maximum Gasteiger partial charge on any atom is 0.698 e. The zero-order chi connectivity index (χ0) is 18.2. The molecule has 1 saturated heterocycles. The lowest BCUT2D eigenvalue weighted by Crippen LogP contribution is -2.18. The van der Waals surface area contributed by atoms with Crippen LogP contribution in [0, 0.1) is 0 Å². The van der Waals surface area contributed by atoms with Crippen LogP contribution < -0.4 is 11.3 Å². The molecule has 0 aliphatic carbocycles. The topological polar surface area (TPSA) is 134 Å². The van der Waals surface area contributed by atoms with Crippen LogP contribution in [0.2, 0.25) is 0 Å². The molecule has 0 spiro atoms. The number of nitrogens with one attached hydrogen (secondary N) is 1. The second-order valence-corrected chi connectivity index (χ2v) is 7.68. The van der Waals surface area contributed by atoms with Crippen LogP contribution in [0.5, 0.6) is 0 Å². The largest absolute Gasteiger partial charge is 0.698 e. The Morgan fingerprint density at radius 1 is 1.48 bits per heavy atom. The molecule has 1 aliphatic heterocycles. The molecular weight excluding hydrogens is 349 g/mol. The molecule has 3 heterocycles. The van der Waals surface area contributed by atoms with E-state index in [-0.39, 0.29) is 30.4 Å². The number of imidazole rings is 1. The average Bonchev–Trinajstić information content (AvgIpc) is 3.09. The maximum atomic E-state index is 11.8. The molecule has 3 rings (SSSR count). The van der Waals surface area contributed by atoms with E-state index < -0.39 is 19.4 Å². The second-order valence-electron chi connectivity index (χ2n) is 6.79. The molecule has 3 atom stereocenters. The Kier molecular flexibility index (Phi) is 4.88. The number of hydrogen-bond donors (Lipinski definition) is 2. The van der Waals surface area contributed by atoms with E-state index in [9.17, 15) is 9.36 Å². The van der Waals surface area contributed by atoms with E-state index in [1.165, 1.54) is 6.33 Å². The Morgan fingerprint density at radius 2 is 2.24 bits per heavy atom. The SMILES string of the molecule is CC(C)(C)O[P+](=O)OC[C@@H]1CC[C@H](n2cnc3c(=O)[nH]c(N)nc32)O1. The van der Waals surface area contributed by atoms with Crippen molar-refractivity contribution in [1.82, 2.24) is 19.5 Å². The summed E-state index contributed by atoms with van der Waals surface area (Å²) in [6.45, 7) is 5.56. The molecule has 2 aromatic rings. The van der Waals surface area contributed by atoms with E-state index in [1.54, 1.807) is 25.3 Å². The molecular formula is C14H21N5O5P+. The molecule has 0 bridgehead atoms. The Balaban J connectivity index is 1.64. The molecule has 1 unspecified atom stereocenters. The summed E-state index contributed by atoms with van der Waals surface area (Å²) in [7, 11) is -2.20. The van der Waals surface area contributed by atoms with Crippen LogP contribution in [0.25, 0.3) is 11.2 Å². The molecule has 0 saturated carbocycles. The fourth-order valence-corrected chi connectivity index (χ4v) is 3.35. The van der Waals surface area contributed by atoms with Crippen molar-refractivity contribution in [2.75, 3.05) is 12.3 Å². The fraction of sp³-hybridized carbons (Fsp3) is 0.643. The monoisotopic (exact) mass is 370 g/mol. The van der Waals surface area contributed by atoms with Crippen molar-refractivity contribution in [3.63, 3.8) is 0 Å². The van der Waals surface area contributed by atoms with Crippen LogP contribution in [-0.2, 0) is 18.3 Å². The predicted octanol–water partition coefficient (Wildman–Crippen LogP) is 1.87. The number of anilines is 1. The molecule has 1 aliphatic rings. The lowest BCUT2D eigenvalue weighted by molar-refractivity contribution is -0.0194. The summed E-state index contributed by atoms with van der Waals surface area (Å²) in [6.07, 6.45) is 2.33. The third-order valence-electron chi connectivity index (χ3n) is 3.56. The number of fused-ring (bicyclic) bond motifs is 1. The summed E-state index contributed by atoms with van der Waals surface area (Å²) in [4.78, 5) is 22.4. The molecule has 25 heavy (non-hydrogen) atoms. The van der Waals surface area contributed by atoms with Crippen molar-refractivity contribution in [3.8, 4) is 0 Å². The van der Waals surface area contributed by atoms with E-state index in [0.717, 1.165) is 0 Å². The first-order chi connectivity index (χ1) is 11.7.